The Kier molecular flexibility index (Phi) is 5.80. The van der Waals surface area contributed by atoms with E-state index < -0.39 is 0 Å². The van der Waals surface area contributed by atoms with Crippen LogP contribution >= 0.6 is 11.8 Å². The Bertz CT molecular complexity index is 1110. The third-order valence-corrected chi connectivity index (χ3v) is 5.72. The molecule has 0 aliphatic heterocycles. The summed E-state index contributed by atoms with van der Waals surface area (Å²) in [4.78, 5) is 4.65. The zero-order valence-corrected chi connectivity index (χ0v) is 18.1. The summed E-state index contributed by atoms with van der Waals surface area (Å²) in [5.74, 6) is 3.16. The molecule has 4 rings (SSSR count). The van der Waals surface area contributed by atoms with E-state index in [1.54, 1.807) is 33.1 Å². The minimum Gasteiger partial charge on any atom is -0.493 e. The van der Waals surface area contributed by atoms with E-state index in [0.717, 1.165) is 34.4 Å². The summed E-state index contributed by atoms with van der Waals surface area (Å²) in [6, 6.07) is 9.73. The van der Waals surface area contributed by atoms with Gasteiger partial charge in [-0.25, -0.2) is 4.98 Å². The Hall–Kier alpha value is -3.20. The predicted molar refractivity (Wildman–Crippen MR) is 116 cm³/mol. The molecule has 0 radical (unpaired) electrons. The van der Waals surface area contributed by atoms with E-state index in [2.05, 4.69) is 26.7 Å². The summed E-state index contributed by atoms with van der Waals surface area (Å²) in [6.07, 6.45) is 4.03. The molecule has 4 aromatic rings. The number of ether oxygens (including phenoxy) is 3. The minimum absolute atomic E-state index is 0.549. The second kappa shape index (κ2) is 8.66. The molecule has 0 fully saturated rings. The van der Waals surface area contributed by atoms with E-state index in [9.17, 15) is 0 Å². The van der Waals surface area contributed by atoms with Gasteiger partial charge in [-0.15, -0.1) is 10.2 Å². The molecule has 0 aliphatic carbocycles. The number of fused-ring (bicyclic) bond motifs is 1. The summed E-state index contributed by atoms with van der Waals surface area (Å²) in [7, 11) is 4.78. The van der Waals surface area contributed by atoms with Gasteiger partial charge in [0, 0.05) is 30.3 Å². The summed E-state index contributed by atoms with van der Waals surface area (Å²) in [5, 5.41) is 9.68. The molecule has 3 heterocycles. The molecule has 1 aromatic carbocycles. The molecule has 0 amide bonds. The normalized spacial score (nSPS) is 11.1. The van der Waals surface area contributed by atoms with Gasteiger partial charge in [-0.2, -0.15) is 0 Å². The van der Waals surface area contributed by atoms with Gasteiger partial charge in [-0.05, 0) is 31.2 Å². The van der Waals surface area contributed by atoms with Crippen LogP contribution in [0.25, 0.3) is 17.0 Å². The van der Waals surface area contributed by atoms with Crippen molar-refractivity contribution in [3.8, 4) is 28.6 Å². The van der Waals surface area contributed by atoms with E-state index in [4.69, 9.17) is 14.2 Å². The molecule has 0 spiro atoms. The fourth-order valence-electron chi connectivity index (χ4n) is 3.30. The SMILES string of the molecule is CCn1c(SCc2cn3ccccc3n2)nnc1-c1cc(OC)c(OC)c(OC)c1. The molecule has 0 saturated heterocycles. The number of thioether (sulfide) groups is 1. The van der Waals surface area contributed by atoms with Gasteiger partial charge in [0.1, 0.15) is 5.65 Å². The lowest BCUT2D eigenvalue weighted by atomic mass is 10.1. The van der Waals surface area contributed by atoms with Gasteiger partial charge in [0.25, 0.3) is 0 Å². The molecule has 0 bridgehead atoms. The highest BCUT2D eigenvalue weighted by Gasteiger charge is 2.19. The van der Waals surface area contributed by atoms with Crippen LogP contribution in [0.4, 0.5) is 0 Å². The van der Waals surface area contributed by atoms with Gasteiger partial charge < -0.3 is 23.2 Å². The number of benzene rings is 1. The monoisotopic (exact) mass is 425 g/mol. The topological polar surface area (TPSA) is 75.7 Å². The first-order valence-corrected chi connectivity index (χ1v) is 10.5. The van der Waals surface area contributed by atoms with Crippen molar-refractivity contribution in [3.63, 3.8) is 0 Å². The summed E-state index contributed by atoms with van der Waals surface area (Å²) in [6.45, 7) is 2.80. The van der Waals surface area contributed by atoms with Crippen LogP contribution in [0.5, 0.6) is 17.2 Å². The molecule has 8 nitrogen and oxygen atoms in total. The van der Waals surface area contributed by atoms with Gasteiger partial charge in [0.05, 0.1) is 27.0 Å². The number of hydrogen-bond acceptors (Lipinski definition) is 7. The van der Waals surface area contributed by atoms with E-state index in [0.29, 0.717) is 23.0 Å². The molecular formula is C21H23N5O3S. The predicted octanol–water partition coefficient (Wildman–Crippen LogP) is 3.93. The first-order valence-electron chi connectivity index (χ1n) is 9.47. The van der Waals surface area contributed by atoms with Crippen LogP contribution in [0, 0.1) is 0 Å². The Morgan fingerprint density at radius 3 is 2.40 bits per heavy atom. The fourth-order valence-corrected chi connectivity index (χ4v) is 4.19. The molecule has 156 valence electrons. The summed E-state index contributed by atoms with van der Waals surface area (Å²) in [5.41, 5.74) is 2.77. The standard InChI is InChI=1S/C21H23N5O3S/c1-5-26-20(14-10-16(27-2)19(29-4)17(11-14)28-3)23-24-21(26)30-13-15-12-25-9-7-6-8-18(25)22-15/h6-12H,5,13H2,1-4H3. The van der Waals surface area contributed by atoms with Crippen molar-refractivity contribution >= 4 is 17.4 Å². The van der Waals surface area contributed by atoms with Crippen molar-refractivity contribution < 1.29 is 14.2 Å². The molecule has 0 saturated carbocycles. The Balaban J connectivity index is 1.63. The number of rotatable bonds is 8. The van der Waals surface area contributed by atoms with Gasteiger partial charge in [0.2, 0.25) is 5.75 Å². The van der Waals surface area contributed by atoms with Crippen molar-refractivity contribution in [3.05, 3.63) is 48.4 Å². The zero-order chi connectivity index (χ0) is 21.1. The Morgan fingerprint density at radius 1 is 1.00 bits per heavy atom. The molecular weight excluding hydrogens is 402 g/mol. The van der Waals surface area contributed by atoms with E-state index in [-0.39, 0.29) is 0 Å². The third kappa shape index (κ3) is 3.68. The second-order valence-electron chi connectivity index (χ2n) is 6.45. The number of pyridine rings is 1. The van der Waals surface area contributed by atoms with Crippen LogP contribution in [0.1, 0.15) is 12.6 Å². The van der Waals surface area contributed by atoms with Crippen molar-refractivity contribution in [1.29, 1.82) is 0 Å². The van der Waals surface area contributed by atoms with Gasteiger partial charge >= 0.3 is 0 Å². The zero-order valence-electron chi connectivity index (χ0n) is 17.3. The second-order valence-corrected chi connectivity index (χ2v) is 7.39. The summed E-state index contributed by atoms with van der Waals surface area (Å²) < 4.78 is 20.5. The average Bonchev–Trinajstić information content (AvgIpc) is 3.39. The lowest BCUT2D eigenvalue weighted by molar-refractivity contribution is 0.324. The maximum absolute atomic E-state index is 5.48. The highest BCUT2D eigenvalue weighted by Crippen LogP contribution is 2.41. The average molecular weight is 426 g/mol. The smallest absolute Gasteiger partial charge is 0.203 e. The fraction of sp³-hybridized carbons (Fsp3) is 0.286. The number of nitrogens with zero attached hydrogens (tertiary/aromatic N) is 5. The highest BCUT2D eigenvalue weighted by atomic mass is 32.2. The van der Waals surface area contributed by atoms with Crippen LogP contribution in [0.15, 0.2) is 47.9 Å². The van der Waals surface area contributed by atoms with Crippen molar-refractivity contribution in [2.45, 2.75) is 24.4 Å². The van der Waals surface area contributed by atoms with Crippen LogP contribution < -0.4 is 14.2 Å². The van der Waals surface area contributed by atoms with Gasteiger partial charge in [-0.1, -0.05) is 17.8 Å². The maximum Gasteiger partial charge on any atom is 0.203 e. The van der Waals surface area contributed by atoms with Crippen LogP contribution in [0.2, 0.25) is 0 Å². The number of methoxy groups -OCH3 is 3. The van der Waals surface area contributed by atoms with Crippen molar-refractivity contribution in [2.24, 2.45) is 0 Å². The van der Waals surface area contributed by atoms with Crippen LogP contribution in [-0.2, 0) is 12.3 Å². The largest absolute Gasteiger partial charge is 0.493 e. The van der Waals surface area contributed by atoms with Crippen LogP contribution in [-0.4, -0.2) is 45.5 Å². The Labute approximate surface area is 178 Å². The van der Waals surface area contributed by atoms with E-state index in [1.807, 2.05) is 47.1 Å². The van der Waals surface area contributed by atoms with E-state index >= 15 is 0 Å². The summed E-state index contributed by atoms with van der Waals surface area (Å²) >= 11 is 1.61. The number of hydrogen-bond donors (Lipinski definition) is 0. The quantitative estimate of drug-likeness (QED) is 0.396. The van der Waals surface area contributed by atoms with Crippen molar-refractivity contribution in [1.82, 2.24) is 24.1 Å². The first kappa shape index (κ1) is 20.1. The minimum atomic E-state index is 0.549. The molecule has 30 heavy (non-hydrogen) atoms. The van der Waals surface area contributed by atoms with Gasteiger partial charge in [0.15, 0.2) is 22.5 Å². The first-order chi connectivity index (χ1) is 14.7. The maximum atomic E-state index is 5.48. The lowest BCUT2D eigenvalue weighted by Gasteiger charge is -2.14. The lowest BCUT2D eigenvalue weighted by Crippen LogP contribution is -2.01. The Morgan fingerprint density at radius 2 is 1.77 bits per heavy atom. The van der Waals surface area contributed by atoms with E-state index in [1.165, 1.54) is 0 Å². The molecule has 3 aromatic heterocycles. The highest BCUT2D eigenvalue weighted by molar-refractivity contribution is 7.98. The van der Waals surface area contributed by atoms with Gasteiger partial charge in [-0.3, -0.25) is 0 Å². The molecule has 0 N–H and O–H groups in total. The molecule has 9 heteroatoms. The molecule has 0 aliphatic rings. The third-order valence-electron chi connectivity index (χ3n) is 4.72. The molecule has 0 unspecified atom stereocenters. The van der Waals surface area contributed by atoms with Crippen molar-refractivity contribution in [2.75, 3.05) is 21.3 Å². The number of imidazole rings is 1. The number of aromatic nitrogens is 5. The molecule has 0 atom stereocenters. The van der Waals surface area contributed by atoms with Crippen LogP contribution in [0.3, 0.4) is 0 Å².